The lowest BCUT2D eigenvalue weighted by Crippen LogP contribution is -2.13. The molecule has 2 heteroatoms. The summed E-state index contributed by atoms with van der Waals surface area (Å²) in [6.07, 6.45) is 8.28. The highest BCUT2D eigenvalue weighted by atomic mass is 32.1. The second-order valence-electron chi connectivity index (χ2n) is 5.43. The van der Waals surface area contributed by atoms with Gasteiger partial charge in [-0.05, 0) is 48.6 Å². The molecule has 1 aromatic carbocycles. The molecular formula is C16H22S2. The Balaban J connectivity index is 1.95. The highest BCUT2D eigenvalue weighted by Crippen LogP contribution is 2.37. The summed E-state index contributed by atoms with van der Waals surface area (Å²) in [5, 5.41) is 0. The van der Waals surface area contributed by atoms with E-state index in [-0.39, 0.29) is 0 Å². The Morgan fingerprint density at radius 2 is 1.78 bits per heavy atom. The first-order valence-electron chi connectivity index (χ1n) is 7.04. The average molecular weight is 278 g/mol. The van der Waals surface area contributed by atoms with Gasteiger partial charge in [0.1, 0.15) is 0 Å². The molecule has 0 saturated heterocycles. The van der Waals surface area contributed by atoms with E-state index >= 15 is 0 Å². The average Bonchev–Trinajstić information content (AvgIpc) is 2.40. The fourth-order valence-electron chi connectivity index (χ4n) is 3.09. The van der Waals surface area contributed by atoms with Crippen LogP contribution in [-0.4, -0.2) is 4.20 Å². The molecule has 1 fully saturated rings. The minimum absolute atomic E-state index is 0.688. The molecule has 1 saturated carbocycles. The first-order chi connectivity index (χ1) is 8.70. The van der Waals surface area contributed by atoms with E-state index in [9.17, 15) is 0 Å². The molecule has 0 bridgehead atoms. The summed E-state index contributed by atoms with van der Waals surface area (Å²) in [5.41, 5.74) is 2.55. The number of thiocarbonyl (C=S) groups is 1. The summed E-state index contributed by atoms with van der Waals surface area (Å²) in [5.74, 6) is 1.75. The summed E-state index contributed by atoms with van der Waals surface area (Å²) < 4.78 is 0.688. The number of benzene rings is 1. The smallest absolute Gasteiger partial charge is 0.0747 e. The molecule has 0 atom stereocenters. The van der Waals surface area contributed by atoms with E-state index in [1.54, 1.807) is 0 Å². The van der Waals surface area contributed by atoms with Gasteiger partial charge in [-0.1, -0.05) is 56.2 Å². The molecule has 0 heterocycles. The van der Waals surface area contributed by atoms with Crippen molar-refractivity contribution in [3.05, 3.63) is 35.4 Å². The third-order valence-electron chi connectivity index (χ3n) is 4.17. The lowest BCUT2D eigenvalue weighted by Gasteiger charge is -2.28. The minimum Gasteiger partial charge on any atom is -0.131 e. The lowest BCUT2D eigenvalue weighted by molar-refractivity contribution is 0.308. The Labute approximate surface area is 122 Å². The van der Waals surface area contributed by atoms with Crippen LogP contribution in [0.15, 0.2) is 24.3 Å². The van der Waals surface area contributed by atoms with Crippen molar-refractivity contribution in [2.75, 3.05) is 0 Å². The molecular weight excluding hydrogens is 256 g/mol. The van der Waals surface area contributed by atoms with E-state index in [0.717, 1.165) is 17.4 Å². The van der Waals surface area contributed by atoms with Crippen LogP contribution in [0.2, 0.25) is 0 Å². The second-order valence-corrected chi connectivity index (χ2v) is 6.59. The summed E-state index contributed by atoms with van der Waals surface area (Å²) in [7, 11) is 0. The van der Waals surface area contributed by atoms with Crippen molar-refractivity contribution in [1.82, 2.24) is 0 Å². The van der Waals surface area contributed by atoms with Gasteiger partial charge < -0.3 is 0 Å². The van der Waals surface area contributed by atoms with E-state index in [0.29, 0.717) is 4.20 Å². The predicted octanol–water partition coefficient (Wildman–Crippen LogP) is 5.37. The predicted molar refractivity (Wildman–Crippen MR) is 86.7 cm³/mol. The van der Waals surface area contributed by atoms with Crippen molar-refractivity contribution in [2.45, 2.75) is 51.4 Å². The van der Waals surface area contributed by atoms with Gasteiger partial charge in [-0.15, -0.1) is 12.6 Å². The van der Waals surface area contributed by atoms with Crippen molar-refractivity contribution < 1.29 is 0 Å². The molecule has 0 aliphatic heterocycles. The fourth-order valence-corrected chi connectivity index (χ4v) is 3.38. The zero-order valence-corrected chi connectivity index (χ0v) is 12.8. The molecule has 2 rings (SSSR count). The van der Waals surface area contributed by atoms with E-state index in [1.807, 2.05) is 0 Å². The number of hydrogen-bond acceptors (Lipinski definition) is 1. The highest BCUT2D eigenvalue weighted by molar-refractivity contribution is 8.11. The van der Waals surface area contributed by atoms with Crippen LogP contribution in [-0.2, 0) is 0 Å². The van der Waals surface area contributed by atoms with Crippen LogP contribution in [0.1, 0.15) is 62.5 Å². The summed E-state index contributed by atoms with van der Waals surface area (Å²) >= 11 is 9.29. The van der Waals surface area contributed by atoms with Crippen molar-refractivity contribution in [3.63, 3.8) is 0 Å². The van der Waals surface area contributed by atoms with Gasteiger partial charge in [-0.3, -0.25) is 0 Å². The third kappa shape index (κ3) is 3.58. The Kier molecular flexibility index (Phi) is 5.25. The van der Waals surface area contributed by atoms with Gasteiger partial charge in [0, 0.05) is 0 Å². The standard InChI is InChI=1S/C16H22S2/c1-2-3-12-4-6-13(7-5-12)14-8-10-15(11-9-14)16(17)18/h8-13H,2-7H2,1H3,(H,17,18)/t12-,13-. The molecule has 98 valence electrons. The van der Waals surface area contributed by atoms with Crippen LogP contribution < -0.4 is 0 Å². The van der Waals surface area contributed by atoms with Crippen molar-refractivity contribution in [2.24, 2.45) is 5.92 Å². The van der Waals surface area contributed by atoms with Gasteiger partial charge in [0.2, 0.25) is 0 Å². The van der Waals surface area contributed by atoms with Crippen LogP contribution in [0.5, 0.6) is 0 Å². The molecule has 18 heavy (non-hydrogen) atoms. The maximum absolute atomic E-state index is 5.07. The zero-order valence-electron chi connectivity index (χ0n) is 11.1. The van der Waals surface area contributed by atoms with Gasteiger partial charge >= 0.3 is 0 Å². The summed E-state index contributed by atoms with van der Waals surface area (Å²) in [6, 6.07) is 8.71. The van der Waals surface area contributed by atoms with Gasteiger partial charge in [-0.25, -0.2) is 0 Å². The molecule has 0 amide bonds. The summed E-state index contributed by atoms with van der Waals surface area (Å²) in [6.45, 7) is 2.30. The Morgan fingerprint density at radius 1 is 1.17 bits per heavy atom. The topological polar surface area (TPSA) is 0 Å². The Hall–Kier alpha value is -0.340. The Bertz CT molecular complexity index is 386. The molecule has 0 aromatic heterocycles. The quantitative estimate of drug-likeness (QED) is 0.571. The summed E-state index contributed by atoms with van der Waals surface area (Å²) in [4.78, 5) is 0. The van der Waals surface area contributed by atoms with E-state index in [1.165, 1.54) is 44.1 Å². The molecule has 0 radical (unpaired) electrons. The molecule has 0 N–H and O–H groups in total. The maximum Gasteiger partial charge on any atom is 0.0747 e. The van der Waals surface area contributed by atoms with Gasteiger partial charge in [-0.2, -0.15) is 0 Å². The van der Waals surface area contributed by atoms with Crippen molar-refractivity contribution >= 4 is 29.0 Å². The van der Waals surface area contributed by atoms with Crippen LogP contribution in [0.4, 0.5) is 0 Å². The number of hydrogen-bond donors (Lipinski definition) is 1. The number of thiol groups is 1. The minimum atomic E-state index is 0.688. The van der Waals surface area contributed by atoms with E-state index in [2.05, 4.69) is 43.8 Å². The van der Waals surface area contributed by atoms with Crippen molar-refractivity contribution in [1.29, 1.82) is 0 Å². The highest BCUT2D eigenvalue weighted by Gasteiger charge is 2.21. The van der Waals surface area contributed by atoms with E-state index in [4.69, 9.17) is 12.2 Å². The largest absolute Gasteiger partial charge is 0.131 e. The second kappa shape index (κ2) is 6.72. The van der Waals surface area contributed by atoms with E-state index < -0.39 is 0 Å². The Morgan fingerprint density at radius 3 is 2.28 bits per heavy atom. The van der Waals surface area contributed by atoms with Gasteiger partial charge in [0.25, 0.3) is 0 Å². The van der Waals surface area contributed by atoms with Gasteiger partial charge in [0.15, 0.2) is 0 Å². The van der Waals surface area contributed by atoms with Crippen LogP contribution >= 0.6 is 24.8 Å². The first kappa shape index (κ1) is 14.1. The molecule has 0 spiro atoms. The van der Waals surface area contributed by atoms with Crippen LogP contribution in [0.3, 0.4) is 0 Å². The molecule has 1 aliphatic carbocycles. The van der Waals surface area contributed by atoms with Crippen molar-refractivity contribution in [3.8, 4) is 0 Å². The first-order valence-corrected chi connectivity index (χ1v) is 7.89. The molecule has 0 unspecified atom stereocenters. The zero-order chi connectivity index (χ0) is 13.0. The normalized spacial score (nSPS) is 23.9. The number of rotatable bonds is 4. The van der Waals surface area contributed by atoms with Crippen LogP contribution in [0.25, 0.3) is 0 Å². The third-order valence-corrected chi connectivity index (χ3v) is 4.67. The fraction of sp³-hybridized carbons (Fsp3) is 0.562. The molecule has 1 aromatic rings. The maximum atomic E-state index is 5.07. The van der Waals surface area contributed by atoms with Crippen LogP contribution in [0, 0.1) is 5.92 Å². The monoisotopic (exact) mass is 278 g/mol. The molecule has 0 nitrogen and oxygen atoms in total. The molecule has 1 aliphatic rings. The SMILES string of the molecule is CCC[C@H]1CC[C@H](c2ccc(C(=S)S)cc2)CC1. The lowest BCUT2D eigenvalue weighted by atomic mass is 9.77. The van der Waals surface area contributed by atoms with Gasteiger partial charge in [0.05, 0.1) is 4.20 Å².